The predicted octanol–water partition coefficient (Wildman–Crippen LogP) is 2.53. The number of aromatic nitrogens is 3. The number of hydrogen-bond donors (Lipinski definition) is 0. The second-order valence-electron chi connectivity index (χ2n) is 5.62. The molecule has 0 unspecified atom stereocenters. The molecule has 0 amide bonds. The molecular formula is C14H18F3N5S. The molecule has 0 aliphatic carbocycles. The van der Waals surface area contributed by atoms with Crippen LogP contribution in [0.2, 0.25) is 0 Å². The van der Waals surface area contributed by atoms with Crippen molar-refractivity contribution < 1.29 is 13.2 Å². The molecule has 0 aromatic carbocycles. The highest BCUT2D eigenvalue weighted by molar-refractivity contribution is 7.13. The first-order valence-electron chi connectivity index (χ1n) is 7.37. The van der Waals surface area contributed by atoms with E-state index < -0.39 is 12.7 Å². The maximum absolute atomic E-state index is 12.5. The summed E-state index contributed by atoms with van der Waals surface area (Å²) in [6, 6.07) is 0. The molecule has 3 rings (SSSR count). The fraction of sp³-hybridized carbons (Fsp3) is 0.571. The summed E-state index contributed by atoms with van der Waals surface area (Å²) in [6.45, 7) is 4.65. The smallest absolute Gasteiger partial charge is 0.346 e. The number of nitrogens with zero attached hydrogens (tertiary/aromatic N) is 5. The van der Waals surface area contributed by atoms with Crippen LogP contribution >= 0.6 is 11.3 Å². The number of imidazole rings is 1. The number of piperazine rings is 1. The van der Waals surface area contributed by atoms with Crippen molar-refractivity contribution in [1.29, 1.82) is 0 Å². The molecule has 0 bridgehead atoms. The Morgan fingerprint density at radius 3 is 2.57 bits per heavy atom. The number of halogens is 3. The fourth-order valence-electron chi connectivity index (χ4n) is 2.61. The van der Waals surface area contributed by atoms with Crippen LogP contribution in [-0.2, 0) is 13.1 Å². The Balaban J connectivity index is 1.56. The van der Waals surface area contributed by atoms with Gasteiger partial charge in [0.2, 0.25) is 0 Å². The lowest BCUT2D eigenvalue weighted by molar-refractivity contribution is -0.141. The van der Waals surface area contributed by atoms with Crippen molar-refractivity contribution >= 4 is 16.5 Å². The normalized spacial score (nSPS) is 17.0. The Hall–Kier alpha value is -1.61. The Labute approximate surface area is 136 Å². The van der Waals surface area contributed by atoms with Crippen molar-refractivity contribution in [2.24, 2.45) is 0 Å². The lowest BCUT2D eigenvalue weighted by atomic mass is 10.3. The maximum Gasteiger partial charge on any atom is 0.406 e. The Morgan fingerprint density at radius 2 is 1.96 bits per heavy atom. The van der Waals surface area contributed by atoms with E-state index in [0.717, 1.165) is 37.0 Å². The van der Waals surface area contributed by atoms with Crippen LogP contribution in [0.1, 0.15) is 11.5 Å². The van der Waals surface area contributed by atoms with Crippen molar-refractivity contribution in [3.63, 3.8) is 0 Å². The molecule has 3 heterocycles. The standard InChI is InChI=1S/C14H18F3N5S/c1-11-9-23-13(19-11)21-6-4-20(5-7-21)8-12-18-2-3-22(12)10-14(15,16)17/h2-3,9H,4-8,10H2,1H3. The van der Waals surface area contributed by atoms with E-state index in [-0.39, 0.29) is 0 Å². The zero-order chi connectivity index (χ0) is 16.4. The van der Waals surface area contributed by atoms with Gasteiger partial charge in [-0.3, -0.25) is 4.90 Å². The largest absolute Gasteiger partial charge is 0.406 e. The number of aryl methyl sites for hydroxylation is 1. The molecule has 2 aromatic rings. The van der Waals surface area contributed by atoms with E-state index in [2.05, 4.69) is 19.8 Å². The molecule has 9 heteroatoms. The molecule has 1 aliphatic rings. The van der Waals surface area contributed by atoms with Crippen LogP contribution in [-0.4, -0.2) is 51.8 Å². The summed E-state index contributed by atoms with van der Waals surface area (Å²) in [5.74, 6) is 0.459. The van der Waals surface area contributed by atoms with Gasteiger partial charge < -0.3 is 9.47 Å². The third-order valence-corrected chi connectivity index (χ3v) is 4.79. The van der Waals surface area contributed by atoms with Crippen molar-refractivity contribution in [2.45, 2.75) is 26.2 Å². The Morgan fingerprint density at radius 1 is 1.22 bits per heavy atom. The van der Waals surface area contributed by atoms with Gasteiger partial charge in [-0.2, -0.15) is 13.2 Å². The Bertz CT molecular complexity index is 643. The molecule has 0 N–H and O–H groups in total. The van der Waals surface area contributed by atoms with E-state index in [1.165, 1.54) is 17.0 Å². The van der Waals surface area contributed by atoms with Gasteiger partial charge in [-0.15, -0.1) is 11.3 Å². The number of thiazole rings is 1. The third kappa shape index (κ3) is 4.23. The molecule has 0 atom stereocenters. The summed E-state index contributed by atoms with van der Waals surface area (Å²) in [5.41, 5.74) is 1.02. The van der Waals surface area contributed by atoms with Crippen LogP contribution < -0.4 is 4.90 Å². The lowest BCUT2D eigenvalue weighted by Crippen LogP contribution is -2.46. The molecule has 1 fully saturated rings. The van der Waals surface area contributed by atoms with Crippen molar-refractivity contribution in [3.8, 4) is 0 Å². The summed E-state index contributed by atoms with van der Waals surface area (Å²) >= 11 is 1.63. The van der Waals surface area contributed by atoms with E-state index in [1.807, 2.05) is 12.3 Å². The van der Waals surface area contributed by atoms with Crippen LogP contribution in [0.25, 0.3) is 0 Å². The first-order valence-corrected chi connectivity index (χ1v) is 8.25. The predicted molar refractivity (Wildman–Crippen MR) is 82.6 cm³/mol. The third-order valence-electron chi connectivity index (χ3n) is 3.77. The van der Waals surface area contributed by atoms with Gasteiger partial charge in [-0.1, -0.05) is 0 Å². The van der Waals surface area contributed by atoms with Gasteiger partial charge >= 0.3 is 6.18 Å². The molecule has 0 saturated carbocycles. The zero-order valence-corrected chi connectivity index (χ0v) is 13.6. The van der Waals surface area contributed by atoms with Crippen LogP contribution in [0, 0.1) is 6.92 Å². The van der Waals surface area contributed by atoms with E-state index in [0.29, 0.717) is 12.4 Å². The van der Waals surface area contributed by atoms with Crippen LogP contribution in [0.5, 0.6) is 0 Å². The fourth-order valence-corrected chi connectivity index (χ4v) is 3.47. The van der Waals surface area contributed by atoms with Crippen molar-refractivity contribution in [2.75, 3.05) is 31.1 Å². The maximum atomic E-state index is 12.5. The van der Waals surface area contributed by atoms with E-state index in [9.17, 15) is 13.2 Å². The molecule has 126 valence electrons. The first kappa shape index (κ1) is 16.3. The molecule has 1 saturated heterocycles. The van der Waals surface area contributed by atoms with Gasteiger partial charge in [0.15, 0.2) is 5.13 Å². The minimum absolute atomic E-state index is 0.438. The van der Waals surface area contributed by atoms with Crippen molar-refractivity contribution in [3.05, 3.63) is 29.3 Å². The highest BCUT2D eigenvalue weighted by atomic mass is 32.1. The quantitative estimate of drug-likeness (QED) is 0.853. The van der Waals surface area contributed by atoms with Crippen molar-refractivity contribution in [1.82, 2.24) is 19.4 Å². The van der Waals surface area contributed by atoms with Crippen LogP contribution in [0.15, 0.2) is 17.8 Å². The summed E-state index contributed by atoms with van der Waals surface area (Å²) in [6.07, 6.45) is -1.41. The number of alkyl halides is 3. The number of hydrogen-bond acceptors (Lipinski definition) is 5. The molecule has 23 heavy (non-hydrogen) atoms. The van der Waals surface area contributed by atoms with E-state index in [1.54, 1.807) is 11.3 Å². The summed E-state index contributed by atoms with van der Waals surface area (Å²) < 4.78 is 38.8. The van der Waals surface area contributed by atoms with Gasteiger partial charge in [0, 0.05) is 44.0 Å². The summed E-state index contributed by atoms with van der Waals surface area (Å²) in [7, 11) is 0. The molecule has 0 spiro atoms. The monoisotopic (exact) mass is 345 g/mol. The Kier molecular flexibility index (Phi) is 4.58. The van der Waals surface area contributed by atoms with Gasteiger partial charge in [0.25, 0.3) is 0 Å². The van der Waals surface area contributed by atoms with Crippen LogP contribution in [0.4, 0.5) is 18.3 Å². The summed E-state index contributed by atoms with van der Waals surface area (Å²) in [5, 5.41) is 3.04. The average molecular weight is 345 g/mol. The highest BCUT2D eigenvalue weighted by Gasteiger charge is 2.29. The molecule has 1 aliphatic heterocycles. The minimum Gasteiger partial charge on any atom is -0.346 e. The molecule has 2 aromatic heterocycles. The van der Waals surface area contributed by atoms with Gasteiger partial charge in [0.05, 0.1) is 12.2 Å². The number of rotatable bonds is 4. The van der Waals surface area contributed by atoms with E-state index >= 15 is 0 Å². The average Bonchev–Trinajstić information content (AvgIpc) is 3.08. The summed E-state index contributed by atoms with van der Waals surface area (Å²) in [4.78, 5) is 12.9. The number of anilines is 1. The second kappa shape index (κ2) is 6.48. The topological polar surface area (TPSA) is 37.2 Å². The lowest BCUT2D eigenvalue weighted by Gasteiger charge is -2.34. The van der Waals surface area contributed by atoms with Gasteiger partial charge in [-0.05, 0) is 6.92 Å². The van der Waals surface area contributed by atoms with Gasteiger partial charge in [0.1, 0.15) is 12.4 Å². The SMILES string of the molecule is Cc1csc(N2CCN(Cc3nccn3CC(F)(F)F)CC2)n1. The first-order chi connectivity index (χ1) is 10.9. The minimum atomic E-state index is -4.23. The second-order valence-corrected chi connectivity index (χ2v) is 6.46. The molecular weight excluding hydrogens is 327 g/mol. The highest BCUT2D eigenvalue weighted by Crippen LogP contribution is 2.22. The molecule has 0 radical (unpaired) electrons. The van der Waals surface area contributed by atoms with E-state index in [4.69, 9.17) is 0 Å². The van der Waals surface area contributed by atoms with Gasteiger partial charge in [-0.25, -0.2) is 9.97 Å². The zero-order valence-electron chi connectivity index (χ0n) is 12.8. The molecule has 5 nitrogen and oxygen atoms in total. The van der Waals surface area contributed by atoms with Crippen LogP contribution in [0.3, 0.4) is 0 Å².